The van der Waals surface area contributed by atoms with E-state index < -0.39 is 11.7 Å². The molecule has 0 aliphatic carbocycles. The number of nitrogens with one attached hydrogen (secondary N) is 1. The summed E-state index contributed by atoms with van der Waals surface area (Å²) in [4.78, 5) is 12.1. The van der Waals surface area contributed by atoms with Gasteiger partial charge in [0, 0.05) is 12.0 Å². The maximum Gasteiger partial charge on any atom is 0.291 e. The van der Waals surface area contributed by atoms with Gasteiger partial charge in [0.1, 0.15) is 5.82 Å². The van der Waals surface area contributed by atoms with Crippen LogP contribution in [0.25, 0.3) is 0 Å². The summed E-state index contributed by atoms with van der Waals surface area (Å²) in [6.45, 7) is 1.68. The van der Waals surface area contributed by atoms with Crippen molar-refractivity contribution in [3.63, 3.8) is 0 Å². The largest absolute Gasteiger partial charge is 0.459 e. The number of carbonyl (C=O) groups is 1. The summed E-state index contributed by atoms with van der Waals surface area (Å²) in [5, 5.41) is 11.4. The van der Waals surface area contributed by atoms with E-state index in [4.69, 9.17) is 9.52 Å². The van der Waals surface area contributed by atoms with Gasteiger partial charge in [-0.25, -0.2) is 4.39 Å². The van der Waals surface area contributed by atoms with E-state index >= 15 is 0 Å². The van der Waals surface area contributed by atoms with Gasteiger partial charge in [-0.15, -0.1) is 0 Å². The fraction of sp³-hybridized carbons (Fsp3) is 0.188. The van der Waals surface area contributed by atoms with Gasteiger partial charge < -0.3 is 14.8 Å². The third-order valence-corrected chi connectivity index (χ3v) is 2.76. The molecule has 0 unspecified atom stereocenters. The number of aliphatic hydroxyl groups is 1. The molecule has 0 fully saturated rings. The summed E-state index contributed by atoms with van der Waals surface area (Å²) in [6.07, 6.45) is 1.71. The second-order valence-corrected chi connectivity index (χ2v) is 4.35. The van der Waals surface area contributed by atoms with Gasteiger partial charge in [0.2, 0.25) is 0 Å². The summed E-state index contributed by atoms with van der Waals surface area (Å²) < 4.78 is 18.4. The topological polar surface area (TPSA) is 62.5 Å². The number of anilines is 1. The minimum absolute atomic E-state index is 0.0738. The van der Waals surface area contributed by atoms with Crippen LogP contribution in [0, 0.1) is 24.6 Å². The Bertz CT molecular complexity index is 710. The Kier molecular flexibility index (Phi) is 4.75. The lowest BCUT2D eigenvalue weighted by Crippen LogP contribution is -2.13. The van der Waals surface area contributed by atoms with Crippen LogP contribution < -0.4 is 5.32 Å². The van der Waals surface area contributed by atoms with E-state index in [-0.39, 0.29) is 18.8 Å². The van der Waals surface area contributed by atoms with E-state index in [1.807, 2.05) is 0 Å². The number of furan rings is 1. The van der Waals surface area contributed by atoms with Crippen LogP contribution in [0.3, 0.4) is 0 Å². The molecule has 4 nitrogen and oxygen atoms in total. The van der Waals surface area contributed by atoms with E-state index in [1.54, 1.807) is 13.0 Å². The van der Waals surface area contributed by atoms with Crippen molar-refractivity contribution in [2.75, 3.05) is 11.9 Å². The van der Waals surface area contributed by atoms with Crippen molar-refractivity contribution in [1.29, 1.82) is 0 Å². The molecule has 5 heteroatoms. The number of hydrogen-bond donors (Lipinski definition) is 2. The van der Waals surface area contributed by atoms with Gasteiger partial charge in [0.15, 0.2) is 5.76 Å². The van der Waals surface area contributed by atoms with Crippen LogP contribution in [0.15, 0.2) is 34.9 Å². The molecule has 1 aromatic carbocycles. The molecule has 2 aromatic rings. The molecule has 0 spiro atoms. The molecule has 0 bridgehead atoms. The van der Waals surface area contributed by atoms with Gasteiger partial charge in [0.25, 0.3) is 5.91 Å². The molecule has 0 saturated heterocycles. The van der Waals surface area contributed by atoms with Crippen molar-refractivity contribution < 1.29 is 18.7 Å². The Morgan fingerprint density at radius 1 is 1.43 bits per heavy atom. The standard InChI is InChI=1S/C16H14FNO3/c1-11-7-9-21-15(11)16(20)18-14-6-5-13(17)10-12(14)4-2-3-8-19/h5-7,9-10,19H,3,8H2,1H3,(H,18,20). The van der Waals surface area contributed by atoms with Gasteiger partial charge in [0.05, 0.1) is 24.1 Å². The Morgan fingerprint density at radius 2 is 2.24 bits per heavy atom. The van der Waals surface area contributed by atoms with E-state index in [2.05, 4.69) is 17.2 Å². The lowest BCUT2D eigenvalue weighted by molar-refractivity contribution is 0.0996. The Balaban J connectivity index is 2.26. The number of aliphatic hydroxyl groups excluding tert-OH is 1. The van der Waals surface area contributed by atoms with Crippen molar-refractivity contribution in [2.24, 2.45) is 0 Å². The van der Waals surface area contributed by atoms with Gasteiger partial charge in [-0.2, -0.15) is 0 Å². The molecule has 0 aliphatic rings. The van der Waals surface area contributed by atoms with Crippen LogP contribution in [0.2, 0.25) is 0 Å². The summed E-state index contributed by atoms with van der Waals surface area (Å²) in [6, 6.07) is 5.59. The number of aryl methyl sites for hydroxylation is 1. The average Bonchev–Trinajstić information content (AvgIpc) is 2.88. The first-order valence-corrected chi connectivity index (χ1v) is 6.36. The van der Waals surface area contributed by atoms with Crippen LogP contribution in [0.5, 0.6) is 0 Å². The lowest BCUT2D eigenvalue weighted by Gasteiger charge is -2.06. The number of hydrogen-bond acceptors (Lipinski definition) is 3. The zero-order valence-corrected chi connectivity index (χ0v) is 11.4. The van der Waals surface area contributed by atoms with Gasteiger partial charge >= 0.3 is 0 Å². The number of amides is 1. The predicted molar refractivity (Wildman–Crippen MR) is 76.4 cm³/mol. The molecule has 2 N–H and O–H groups in total. The highest BCUT2D eigenvalue weighted by molar-refractivity contribution is 6.03. The third-order valence-electron chi connectivity index (χ3n) is 2.76. The summed E-state index contributed by atoms with van der Waals surface area (Å²) in [5.74, 6) is 4.75. The first-order chi connectivity index (χ1) is 10.1. The van der Waals surface area contributed by atoms with Crippen LogP contribution in [-0.2, 0) is 0 Å². The minimum atomic E-state index is -0.449. The lowest BCUT2D eigenvalue weighted by atomic mass is 10.1. The number of rotatable bonds is 3. The van der Waals surface area contributed by atoms with E-state index in [0.29, 0.717) is 16.8 Å². The summed E-state index contributed by atoms with van der Waals surface area (Å²) in [5.41, 5.74) is 1.45. The summed E-state index contributed by atoms with van der Waals surface area (Å²) in [7, 11) is 0. The first-order valence-electron chi connectivity index (χ1n) is 6.36. The molecule has 0 atom stereocenters. The number of halogens is 1. The summed E-state index contributed by atoms with van der Waals surface area (Å²) >= 11 is 0. The Labute approximate surface area is 121 Å². The van der Waals surface area contributed by atoms with Gasteiger partial charge in [-0.1, -0.05) is 11.8 Å². The molecule has 2 rings (SSSR count). The fourth-order valence-corrected chi connectivity index (χ4v) is 1.73. The number of benzene rings is 1. The highest BCUT2D eigenvalue weighted by Gasteiger charge is 2.14. The Morgan fingerprint density at radius 3 is 2.90 bits per heavy atom. The minimum Gasteiger partial charge on any atom is -0.459 e. The zero-order valence-electron chi connectivity index (χ0n) is 11.4. The highest BCUT2D eigenvalue weighted by Crippen LogP contribution is 2.18. The molecule has 0 saturated carbocycles. The smallest absolute Gasteiger partial charge is 0.291 e. The van der Waals surface area contributed by atoms with Crippen molar-refractivity contribution in [1.82, 2.24) is 0 Å². The Hall–Kier alpha value is -2.58. The van der Waals surface area contributed by atoms with Crippen molar-refractivity contribution >= 4 is 11.6 Å². The van der Waals surface area contributed by atoms with Crippen LogP contribution >= 0.6 is 0 Å². The maximum absolute atomic E-state index is 13.3. The molecule has 21 heavy (non-hydrogen) atoms. The number of carbonyl (C=O) groups excluding carboxylic acids is 1. The van der Waals surface area contributed by atoms with Crippen LogP contribution in [0.1, 0.15) is 28.1 Å². The molecular formula is C16H14FNO3. The SMILES string of the molecule is Cc1ccoc1C(=O)Nc1ccc(F)cc1C#CCCO. The van der Waals surface area contributed by atoms with Crippen molar-refractivity contribution in [3.05, 3.63) is 53.2 Å². The van der Waals surface area contributed by atoms with Gasteiger partial charge in [-0.05, 0) is 31.2 Å². The molecular weight excluding hydrogens is 273 g/mol. The molecule has 1 amide bonds. The van der Waals surface area contributed by atoms with Crippen LogP contribution in [-0.4, -0.2) is 17.6 Å². The second kappa shape index (κ2) is 6.73. The zero-order chi connectivity index (χ0) is 15.2. The van der Waals surface area contributed by atoms with E-state index in [0.717, 1.165) is 0 Å². The molecule has 108 valence electrons. The fourth-order valence-electron chi connectivity index (χ4n) is 1.73. The monoisotopic (exact) mass is 287 g/mol. The van der Waals surface area contributed by atoms with E-state index in [9.17, 15) is 9.18 Å². The molecule has 0 aliphatic heterocycles. The molecule has 0 radical (unpaired) electrons. The maximum atomic E-state index is 13.3. The average molecular weight is 287 g/mol. The molecule has 1 heterocycles. The van der Waals surface area contributed by atoms with Gasteiger partial charge in [-0.3, -0.25) is 4.79 Å². The normalized spacial score (nSPS) is 9.86. The highest BCUT2D eigenvalue weighted by atomic mass is 19.1. The third kappa shape index (κ3) is 3.71. The van der Waals surface area contributed by atoms with E-state index in [1.165, 1.54) is 24.5 Å². The quantitative estimate of drug-likeness (QED) is 0.853. The first kappa shape index (κ1) is 14.8. The predicted octanol–water partition coefficient (Wildman–Crippen LogP) is 2.71. The van der Waals surface area contributed by atoms with Crippen LogP contribution in [0.4, 0.5) is 10.1 Å². The van der Waals surface area contributed by atoms with Crippen molar-refractivity contribution in [2.45, 2.75) is 13.3 Å². The molecule has 1 aromatic heterocycles. The second-order valence-electron chi connectivity index (χ2n) is 4.35. The van der Waals surface area contributed by atoms with Crippen molar-refractivity contribution in [3.8, 4) is 11.8 Å².